The maximum Gasteiger partial charge on any atom is 0.137 e. The molecule has 2 aromatic rings. The van der Waals surface area contributed by atoms with Gasteiger partial charge in [0.1, 0.15) is 30.6 Å². The first-order valence-corrected chi connectivity index (χ1v) is 11.9. The van der Waals surface area contributed by atoms with E-state index in [1.165, 1.54) is 27.9 Å². The topological polar surface area (TPSA) is 94.0 Å². The van der Waals surface area contributed by atoms with E-state index >= 15 is 0 Å². The quantitative estimate of drug-likeness (QED) is 0.455. The second-order valence-corrected chi connectivity index (χ2v) is 8.98. The zero-order valence-electron chi connectivity index (χ0n) is 19.1. The molecule has 5 N–H and O–H groups in total. The highest BCUT2D eigenvalue weighted by atomic mass is 16.5. The highest BCUT2D eigenvalue weighted by molar-refractivity contribution is 5.55. The Kier molecular flexibility index (Phi) is 7.48. The van der Waals surface area contributed by atoms with Gasteiger partial charge in [-0.25, -0.2) is 0 Å². The molecule has 174 valence electrons. The third-order valence-electron chi connectivity index (χ3n) is 6.65. The molecule has 5 atom stereocenters. The van der Waals surface area contributed by atoms with E-state index in [0.717, 1.165) is 44.2 Å². The largest absolute Gasteiger partial charge is 0.387 e. The molecule has 0 spiro atoms. The molecular formula is C26H36N2O4. The Morgan fingerprint density at radius 3 is 2.62 bits per heavy atom. The van der Waals surface area contributed by atoms with E-state index in [9.17, 15) is 15.3 Å². The lowest BCUT2D eigenvalue weighted by Gasteiger charge is -2.41. The summed E-state index contributed by atoms with van der Waals surface area (Å²) in [5.74, 6) is 0. The molecule has 6 nitrogen and oxygen atoms in total. The van der Waals surface area contributed by atoms with Crippen molar-refractivity contribution in [3.63, 3.8) is 0 Å². The van der Waals surface area contributed by atoms with Crippen molar-refractivity contribution in [1.82, 2.24) is 5.32 Å². The second kappa shape index (κ2) is 10.3. The Labute approximate surface area is 190 Å². The van der Waals surface area contributed by atoms with Crippen LogP contribution < -0.4 is 10.6 Å². The Bertz CT molecular complexity index is 919. The van der Waals surface area contributed by atoms with Crippen molar-refractivity contribution in [3.05, 3.63) is 64.2 Å². The van der Waals surface area contributed by atoms with E-state index < -0.39 is 30.6 Å². The van der Waals surface area contributed by atoms with Gasteiger partial charge in [0.25, 0.3) is 0 Å². The normalized spacial score (nSPS) is 27.6. The van der Waals surface area contributed by atoms with E-state index in [4.69, 9.17) is 4.74 Å². The average molecular weight is 441 g/mol. The number of nitrogens with one attached hydrogen (secondary N) is 2. The van der Waals surface area contributed by atoms with Crippen LogP contribution in [0.15, 0.2) is 36.4 Å². The first-order valence-electron chi connectivity index (χ1n) is 11.9. The Balaban J connectivity index is 1.59. The number of aliphatic hydroxyl groups is 3. The summed E-state index contributed by atoms with van der Waals surface area (Å²) >= 11 is 0. The molecule has 6 heteroatoms. The predicted octanol–water partition coefficient (Wildman–Crippen LogP) is 2.68. The zero-order valence-corrected chi connectivity index (χ0v) is 19.1. The number of hydrogen-bond acceptors (Lipinski definition) is 6. The third kappa shape index (κ3) is 4.85. The summed E-state index contributed by atoms with van der Waals surface area (Å²) in [5.41, 5.74) is 7.15. The van der Waals surface area contributed by atoms with Crippen LogP contribution >= 0.6 is 0 Å². The van der Waals surface area contributed by atoms with Crippen molar-refractivity contribution in [3.8, 4) is 0 Å². The number of anilines is 1. The summed E-state index contributed by atoms with van der Waals surface area (Å²) < 4.78 is 6.04. The maximum atomic E-state index is 10.7. The number of aliphatic hydroxyl groups excluding tert-OH is 3. The van der Waals surface area contributed by atoms with E-state index in [1.54, 1.807) is 0 Å². The van der Waals surface area contributed by atoms with Gasteiger partial charge < -0.3 is 25.4 Å². The van der Waals surface area contributed by atoms with Gasteiger partial charge in [-0.2, -0.15) is 0 Å². The van der Waals surface area contributed by atoms with Gasteiger partial charge in [0, 0.05) is 12.2 Å². The lowest BCUT2D eigenvalue weighted by Crippen LogP contribution is -2.58. The lowest BCUT2D eigenvalue weighted by molar-refractivity contribution is -0.232. The van der Waals surface area contributed by atoms with Crippen molar-refractivity contribution < 1.29 is 20.1 Å². The molecule has 4 rings (SSSR count). The molecule has 2 aliphatic heterocycles. The van der Waals surface area contributed by atoms with Crippen molar-refractivity contribution in [1.29, 1.82) is 0 Å². The van der Waals surface area contributed by atoms with Gasteiger partial charge >= 0.3 is 0 Å². The lowest BCUT2D eigenvalue weighted by atomic mass is 9.89. The van der Waals surface area contributed by atoms with Gasteiger partial charge in [0.2, 0.25) is 0 Å². The van der Waals surface area contributed by atoms with Crippen LogP contribution in [0.1, 0.15) is 60.6 Å². The first kappa shape index (κ1) is 23.2. The van der Waals surface area contributed by atoms with Crippen LogP contribution in [0.5, 0.6) is 0 Å². The van der Waals surface area contributed by atoms with Crippen LogP contribution in [-0.2, 0) is 24.0 Å². The molecule has 32 heavy (non-hydrogen) atoms. The van der Waals surface area contributed by atoms with Crippen LogP contribution in [0.3, 0.4) is 0 Å². The second-order valence-electron chi connectivity index (χ2n) is 8.98. The van der Waals surface area contributed by atoms with E-state index in [1.807, 2.05) is 13.0 Å². The Morgan fingerprint density at radius 1 is 1.00 bits per heavy atom. The molecule has 0 unspecified atom stereocenters. The van der Waals surface area contributed by atoms with Gasteiger partial charge in [-0.05, 0) is 72.5 Å². The number of aryl methyl sites for hydroxylation is 2. The van der Waals surface area contributed by atoms with Gasteiger partial charge in [-0.3, -0.25) is 5.32 Å². The molecule has 0 saturated carbocycles. The van der Waals surface area contributed by atoms with Gasteiger partial charge in [-0.15, -0.1) is 0 Å². The fourth-order valence-electron chi connectivity index (χ4n) is 4.80. The number of benzene rings is 2. The summed E-state index contributed by atoms with van der Waals surface area (Å²) in [4.78, 5) is 0. The Hall–Kier alpha value is -1.96. The average Bonchev–Trinajstić information content (AvgIpc) is 2.82. The fraction of sp³-hybridized carbons (Fsp3) is 0.538. The van der Waals surface area contributed by atoms with Crippen molar-refractivity contribution in [2.45, 2.75) is 76.6 Å². The molecule has 0 amide bonds. The Morgan fingerprint density at radius 2 is 1.84 bits per heavy atom. The summed E-state index contributed by atoms with van der Waals surface area (Å²) in [7, 11) is 0. The summed E-state index contributed by atoms with van der Waals surface area (Å²) in [6.45, 7) is 5.86. The van der Waals surface area contributed by atoms with Gasteiger partial charge in [0.15, 0.2) is 0 Å². The summed E-state index contributed by atoms with van der Waals surface area (Å²) in [6.07, 6.45) is -0.219. The number of rotatable bonds is 7. The van der Waals surface area contributed by atoms with Crippen molar-refractivity contribution >= 4 is 5.69 Å². The first-order chi connectivity index (χ1) is 15.5. The zero-order chi connectivity index (χ0) is 22.7. The third-order valence-corrected chi connectivity index (χ3v) is 6.65. The number of hydrogen-bond donors (Lipinski definition) is 5. The van der Waals surface area contributed by atoms with Crippen LogP contribution in [0, 0.1) is 0 Å². The fourth-order valence-corrected chi connectivity index (χ4v) is 4.80. The maximum absolute atomic E-state index is 10.7. The highest BCUT2D eigenvalue weighted by Gasteiger charge is 2.44. The van der Waals surface area contributed by atoms with E-state index in [0.29, 0.717) is 6.54 Å². The minimum atomic E-state index is -1.27. The van der Waals surface area contributed by atoms with E-state index in [-0.39, 0.29) is 0 Å². The highest BCUT2D eigenvalue weighted by Crippen LogP contribution is 2.33. The molecule has 1 fully saturated rings. The van der Waals surface area contributed by atoms with Crippen LogP contribution in [0.4, 0.5) is 5.69 Å². The number of ether oxygens (including phenoxy) is 1. The SMILES string of the molecule is CCCN[C@H]1O[C@@H](c2ccc(CC)c(Cc3ccc4c(c3)CCCN4)c2)[C@H](O)[C@@H](O)[C@@H]1O. The van der Waals surface area contributed by atoms with Crippen molar-refractivity contribution in [2.24, 2.45) is 0 Å². The summed E-state index contributed by atoms with van der Waals surface area (Å²) in [6, 6.07) is 12.8. The molecule has 2 aromatic carbocycles. The molecule has 1 saturated heterocycles. The van der Waals surface area contributed by atoms with Gasteiger partial charge in [0.05, 0.1) is 0 Å². The monoisotopic (exact) mass is 440 g/mol. The van der Waals surface area contributed by atoms with E-state index in [2.05, 4.69) is 47.9 Å². The predicted molar refractivity (Wildman–Crippen MR) is 126 cm³/mol. The van der Waals surface area contributed by atoms with Crippen LogP contribution in [-0.4, -0.2) is 52.9 Å². The minimum absolute atomic E-state index is 0.657. The molecule has 2 aliphatic rings. The van der Waals surface area contributed by atoms with Crippen LogP contribution in [0.2, 0.25) is 0 Å². The minimum Gasteiger partial charge on any atom is -0.387 e. The van der Waals surface area contributed by atoms with Crippen LogP contribution in [0.25, 0.3) is 0 Å². The summed E-state index contributed by atoms with van der Waals surface area (Å²) in [5, 5.41) is 38.0. The molecule has 2 heterocycles. The molecular weight excluding hydrogens is 404 g/mol. The molecule has 0 radical (unpaired) electrons. The van der Waals surface area contributed by atoms with Gasteiger partial charge in [-0.1, -0.05) is 44.2 Å². The van der Waals surface area contributed by atoms with Crippen molar-refractivity contribution in [2.75, 3.05) is 18.4 Å². The smallest absolute Gasteiger partial charge is 0.137 e. The molecule has 0 aliphatic carbocycles. The molecule has 0 bridgehead atoms. The molecule has 0 aromatic heterocycles. The number of fused-ring (bicyclic) bond motifs is 1. The standard InChI is InChI=1S/C26H36N2O4/c1-3-11-28-26-24(31)22(29)23(30)25(32-26)19-9-8-17(4-2)20(15-19)14-16-7-10-21-18(13-16)6-5-12-27-21/h7-10,13,15,22-31H,3-6,11-12,14H2,1-2H3/t22-,23-,24+,25+,26+/m1/s1.